The fourth-order valence-electron chi connectivity index (χ4n) is 2.49. The van der Waals surface area contributed by atoms with Gasteiger partial charge in [0.1, 0.15) is 11.5 Å². The fraction of sp³-hybridized carbons (Fsp3) is 0.333. The lowest BCUT2D eigenvalue weighted by Gasteiger charge is -2.23. The number of rotatable bonds is 6. The van der Waals surface area contributed by atoms with Crippen molar-refractivity contribution >= 4 is 39.3 Å². The van der Waals surface area contributed by atoms with Gasteiger partial charge in [-0.2, -0.15) is 0 Å². The van der Waals surface area contributed by atoms with E-state index in [1.807, 2.05) is 19.1 Å². The Balaban J connectivity index is 1.81. The first-order valence-corrected chi connectivity index (χ1v) is 10.1. The first kappa shape index (κ1) is 23.0. The lowest BCUT2D eigenvalue weighted by Crippen LogP contribution is -2.45. The van der Waals surface area contributed by atoms with E-state index in [4.69, 9.17) is 21.1 Å². The molecule has 0 aliphatic rings. The summed E-state index contributed by atoms with van der Waals surface area (Å²) >= 11 is 9.33. The molecule has 0 spiro atoms. The van der Waals surface area contributed by atoms with Crippen molar-refractivity contribution in [1.29, 1.82) is 0 Å². The summed E-state index contributed by atoms with van der Waals surface area (Å²) in [4.78, 5) is 23.9. The number of carbonyl (C=O) groups is 2. The molecule has 0 bridgehead atoms. The molecule has 0 unspecified atom stereocenters. The van der Waals surface area contributed by atoms with Gasteiger partial charge in [0.2, 0.25) is 0 Å². The van der Waals surface area contributed by atoms with E-state index in [0.717, 1.165) is 15.6 Å². The van der Waals surface area contributed by atoms with Crippen LogP contribution in [0.4, 0.5) is 0 Å². The number of amides is 2. The van der Waals surface area contributed by atoms with Gasteiger partial charge in [0.15, 0.2) is 13.2 Å². The molecule has 0 aromatic heterocycles. The highest BCUT2D eigenvalue weighted by Crippen LogP contribution is 2.33. The van der Waals surface area contributed by atoms with Crippen LogP contribution in [0.25, 0.3) is 0 Å². The fourth-order valence-corrected chi connectivity index (χ4v) is 3.07. The second kappa shape index (κ2) is 9.98. The maximum absolute atomic E-state index is 12.0. The first-order chi connectivity index (χ1) is 13.6. The zero-order valence-corrected chi connectivity index (χ0v) is 19.1. The quantitative estimate of drug-likeness (QED) is 0.600. The van der Waals surface area contributed by atoms with Gasteiger partial charge in [0.25, 0.3) is 11.8 Å². The number of hydrazine groups is 1. The molecule has 0 aliphatic heterocycles. The van der Waals surface area contributed by atoms with Crippen LogP contribution in [-0.2, 0) is 15.0 Å². The average Bonchev–Trinajstić information content (AvgIpc) is 2.63. The average molecular weight is 484 g/mol. The zero-order chi connectivity index (χ0) is 21.6. The molecule has 0 aliphatic carbocycles. The molecule has 8 heteroatoms. The third-order valence-corrected chi connectivity index (χ3v) is 4.67. The van der Waals surface area contributed by atoms with E-state index in [-0.39, 0.29) is 18.6 Å². The van der Waals surface area contributed by atoms with Crippen molar-refractivity contribution in [3.05, 3.63) is 57.0 Å². The van der Waals surface area contributed by atoms with Crippen molar-refractivity contribution in [2.45, 2.75) is 33.1 Å². The predicted octanol–water partition coefficient (Wildman–Crippen LogP) is 4.31. The van der Waals surface area contributed by atoms with Crippen LogP contribution in [0.1, 0.15) is 31.9 Å². The molecule has 2 rings (SSSR count). The molecule has 0 radical (unpaired) electrons. The van der Waals surface area contributed by atoms with Crippen molar-refractivity contribution in [1.82, 2.24) is 10.9 Å². The highest BCUT2D eigenvalue weighted by Gasteiger charge is 2.20. The van der Waals surface area contributed by atoms with Crippen LogP contribution < -0.4 is 20.3 Å². The zero-order valence-electron chi connectivity index (χ0n) is 16.8. The van der Waals surface area contributed by atoms with E-state index in [2.05, 4.69) is 47.6 Å². The molecule has 0 saturated heterocycles. The third-order valence-electron chi connectivity index (χ3n) is 3.95. The molecule has 2 aromatic carbocycles. The smallest absolute Gasteiger partial charge is 0.276 e. The molecule has 156 valence electrons. The number of halogens is 2. The van der Waals surface area contributed by atoms with Crippen molar-refractivity contribution < 1.29 is 19.1 Å². The second-order valence-corrected chi connectivity index (χ2v) is 8.83. The monoisotopic (exact) mass is 482 g/mol. The topological polar surface area (TPSA) is 76.7 Å². The lowest BCUT2D eigenvalue weighted by atomic mass is 9.86. The molecule has 0 heterocycles. The maximum Gasteiger partial charge on any atom is 0.276 e. The van der Waals surface area contributed by atoms with Crippen LogP contribution in [-0.4, -0.2) is 25.0 Å². The van der Waals surface area contributed by atoms with Crippen LogP contribution in [0.15, 0.2) is 40.9 Å². The van der Waals surface area contributed by atoms with Gasteiger partial charge in [-0.05, 0) is 54.3 Å². The summed E-state index contributed by atoms with van der Waals surface area (Å²) in [5, 5.41) is 0.590. The largest absolute Gasteiger partial charge is 0.483 e. The molecule has 2 aromatic rings. The Morgan fingerprint density at radius 3 is 2.07 bits per heavy atom. The van der Waals surface area contributed by atoms with Crippen LogP contribution in [0.2, 0.25) is 5.02 Å². The molecule has 29 heavy (non-hydrogen) atoms. The summed E-state index contributed by atoms with van der Waals surface area (Å²) in [5.41, 5.74) is 6.23. The predicted molar refractivity (Wildman–Crippen MR) is 116 cm³/mol. The Morgan fingerprint density at radius 1 is 0.966 bits per heavy atom. The van der Waals surface area contributed by atoms with Crippen LogP contribution >= 0.6 is 27.5 Å². The number of ether oxygens (including phenoxy) is 2. The Bertz CT molecular complexity index is 897. The minimum Gasteiger partial charge on any atom is -0.483 e. The Kier molecular flexibility index (Phi) is 7.93. The summed E-state index contributed by atoms with van der Waals surface area (Å²) in [6.45, 7) is 7.53. The second-order valence-electron chi connectivity index (χ2n) is 7.47. The summed E-state index contributed by atoms with van der Waals surface area (Å²) in [7, 11) is 0. The lowest BCUT2D eigenvalue weighted by molar-refractivity contribution is -0.131. The highest BCUT2D eigenvalue weighted by molar-refractivity contribution is 9.10. The van der Waals surface area contributed by atoms with Crippen LogP contribution in [0.3, 0.4) is 0 Å². The minimum absolute atomic E-state index is 0.152. The van der Waals surface area contributed by atoms with E-state index in [9.17, 15) is 9.59 Å². The summed E-state index contributed by atoms with van der Waals surface area (Å²) in [5.74, 6) is 0.184. The highest BCUT2D eigenvalue weighted by atomic mass is 79.9. The number of aryl methyl sites for hydroxylation is 1. The summed E-state index contributed by atoms with van der Waals surface area (Å²) in [6.07, 6.45) is 0. The number of benzene rings is 2. The summed E-state index contributed by atoms with van der Waals surface area (Å²) in [6, 6.07) is 10.7. The third kappa shape index (κ3) is 7.25. The van der Waals surface area contributed by atoms with E-state index in [1.165, 1.54) is 0 Å². The number of nitrogens with one attached hydrogen (secondary N) is 2. The van der Waals surface area contributed by atoms with Crippen LogP contribution in [0.5, 0.6) is 11.5 Å². The Hall–Kier alpha value is -2.25. The Labute approximate surface area is 184 Å². The van der Waals surface area contributed by atoms with Crippen molar-refractivity contribution in [2.24, 2.45) is 0 Å². The van der Waals surface area contributed by atoms with E-state index < -0.39 is 11.8 Å². The van der Waals surface area contributed by atoms with Gasteiger partial charge in [0, 0.05) is 15.1 Å². The first-order valence-electron chi connectivity index (χ1n) is 8.95. The number of carbonyl (C=O) groups excluding carboxylic acids is 2. The van der Waals surface area contributed by atoms with Gasteiger partial charge < -0.3 is 9.47 Å². The molecule has 0 saturated carbocycles. The van der Waals surface area contributed by atoms with Gasteiger partial charge in [-0.1, -0.05) is 48.3 Å². The van der Waals surface area contributed by atoms with Gasteiger partial charge in [-0.15, -0.1) is 0 Å². The molecule has 2 N–H and O–H groups in total. The summed E-state index contributed by atoms with van der Waals surface area (Å²) < 4.78 is 12.0. The molecular formula is C21H24BrClN2O4. The number of hydrogen-bond donors (Lipinski definition) is 2. The molecule has 6 nitrogen and oxygen atoms in total. The standard InChI is InChI=1S/C21H24BrClN2O4/c1-13-9-15(23)6-8-17(13)28-11-19(26)24-25-20(27)12-29-18-7-5-14(22)10-16(18)21(2,3)4/h5-10H,11-12H2,1-4H3,(H,24,26)(H,25,27). The van der Waals surface area contributed by atoms with Gasteiger partial charge >= 0.3 is 0 Å². The van der Waals surface area contributed by atoms with Crippen molar-refractivity contribution in [3.63, 3.8) is 0 Å². The molecule has 0 fully saturated rings. The maximum atomic E-state index is 12.0. The van der Waals surface area contributed by atoms with E-state index in [0.29, 0.717) is 16.5 Å². The number of hydrogen-bond acceptors (Lipinski definition) is 4. The Morgan fingerprint density at radius 2 is 1.52 bits per heavy atom. The molecule has 0 atom stereocenters. The van der Waals surface area contributed by atoms with Gasteiger partial charge in [-0.3, -0.25) is 20.4 Å². The van der Waals surface area contributed by atoms with E-state index >= 15 is 0 Å². The molecular weight excluding hydrogens is 460 g/mol. The normalized spacial score (nSPS) is 11.0. The molecule has 2 amide bonds. The van der Waals surface area contributed by atoms with Gasteiger partial charge in [0.05, 0.1) is 0 Å². The van der Waals surface area contributed by atoms with Crippen LogP contribution in [0, 0.1) is 6.92 Å². The minimum atomic E-state index is -0.494. The van der Waals surface area contributed by atoms with Crippen molar-refractivity contribution in [3.8, 4) is 11.5 Å². The van der Waals surface area contributed by atoms with E-state index in [1.54, 1.807) is 24.3 Å². The van der Waals surface area contributed by atoms with Crippen molar-refractivity contribution in [2.75, 3.05) is 13.2 Å². The van der Waals surface area contributed by atoms with Gasteiger partial charge in [-0.25, -0.2) is 0 Å². The SMILES string of the molecule is Cc1cc(Cl)ccc1OCC(=O)NNC(=O)COc1ccc(Br)cc1C(C)(C)C.